The maximum absolute atomic E-state index is 13.8. The van der Waals surface area contributed by atoms with Crippen molar-refractivity contribution < 1.29 is 13.9 Å². The molecule has 24 heavy (non-hydrogen) atoms. The van der Waals surface area contributed by atoms with Gasteiger partial charge in [0, 0.05) is 37.7 Å². The van der Waals surface area contributed by atoms with Gasteiger partial charge in [-0.3, -0.25) is 9.88 Å². The SMILES string of the molecule is Fc1cccnc1O[C@@H]1CC[C@@H]2[C@@H]1OCCN2Cc1cccnc1. The largest absolute Gasteiger partial charge is 0.469 e. The van der Waals surface area contributed by atoms with Crippen molar-refractivity contribution >= 4 is 0 Å². The Labute approximate surface area is 140 Å². The van der Waals surface area contributed by atoms with Gasteiger partial charge >= 0.3 is 0 Å². The van der Waals surface area contributed by atoms with E-state index in [1.165, 1.54) is 11.6 Å². The number of halogens is 1. The number of hydrogen-bond donors (Lipinski definition) is 0. The van der Waals surface area contributed by atoms with E-state index in [4.69, 9.17) is 9.47 Å². The van der Waals surface area contributed by atoms with Gasteiger partial charge in [-0.25, -0.2) is 9.37 Å². The molecule has 1 saturated heterocycles. The summed E-state index contributed by atoms with van der Waals surface area (Å²) >= 11 is 0. The van der Waals surface area contributed by atoms with Crippen molar-refractivity contribution in [2.75, 3.05) is 13.2 Å². The molecule has 1 aliphatic carbocycles. The van der Waals surface area contributed by atoms with Crippen molar-refractivity contribution in [3.05, 3.63) is 54.2 Å². The average Bonchev–Trinajstić information content (AvgIpc) is 3.02. The lowest BCUT2D eigenvalue weighted by Gasteiger charge is -2.38. The second kappa shape index (κ2) is 6.83. The number of ether oxygens (including phenoxy) is 2. The molecule has 1 aliphatic heterocycles. The fourth-order valence-corrected chi connectivity index (χ4v) is 3.64. The maximum atomic E-state index is 13.8. The quantitative estimate of drug-likeness (QED) is 0.862. The molecule has 0 amide bonds. The Kier molecular flexibility index (Phi) is 4.40. The Morgan fingerprint density at radius 2 is 2.17 bits per heavy atom. The number of aromatic nitrogens is 2. The summed E-state index contributed by atoms with van der Waals surface area (Å²) in [6.07, 6.45) is 6.84. The van der Waals surface area contributed by atoms with Gasteiger partial charge in [-0.2, -0.15) is 0 Å². The van der Waals surface area contributed by atoms with Crippen LogP contribution in [0.3, 0.4) is 0 Å². The summed E-state index contributed by atoms with van der Waals surface area (Å²) in [5, 5.41) is 0. The van der Waals surface area contributed by atoms with Crippen LogP contribution < -0.4 is 4.74 Å². The number of nitrogens with zero attached hydrogens (tertiary/aromatic N) is 3. The summed E-state index contributed by atoms with van der Waals surface area (Å²) in [4.78, 5) is 10.6. The van der Waals surface area contributed by atoms with Gasteiger partial charge in [-0.1, -0.05) is 6.07 Å². The zero-order valence-electron chi connectivity index (χ0n) is 13.3. The van der Waals surface area contributed by atoms with Gasteiger partial charge in [0.25, 0.3) is 5.88 Å². The van der Waals surface area contributed by atoms with E-state index in [2.05, 4.69) is 20.9 Å². The molecule has 0 aromatic carbocycles. The molecule has 0 spiro atoms. The van der Waals surface area contributed by atoms with Crippen molar-refractivity contribution in [2.45, 2.75) is 37.6 Å². The van der Waals surface area contributed by atoms with Crippen molar-refractivity contribution in [1.82, 2.24) is 14.9 Å². The van der Waals surface area contributed by atoms with E-state index in [0.29, 0.717) is 6.61 Å². The van der Waals surface area contributed by atoms with Crippen LogP contribution in [0.15, 0.2) is 42.9 Å². The Morgan fingerprint density at radius 1 is 1.25 bits per heavy atom. The first kappa shape index (κ1) is 15.5. The smallest absolute Gasteiger partial charge is 0.250 e. The second-order valence-electron chi connectivity index (χ2n) is 6.26. The standard InChI is InChI=1S/C18H20FN3O2/c19-14-4-2-8-21-18(14)24-16-6-5-15-17(16)23-10-9-22(15)12-13-3-1-7-20-11-13/h1-4,7-8,11,15-17H,5-6,9-10,12H2/t15-,16-,17+/m1/s1. The molecule has 2 aromatic heterocycles. The molecule has 5 nitrogen and oxygen atoms in total. The molecule has 2 aromatic rings. The number of hydrogen-bond acceptors (Lipinski definition) is 5. The first-order chi connectivity index (χ1) is 11.8. The van der Waals surface area contributed by atoms with Crippen LogP contribution in [0.5, 0.6) is 5.88 Å². The Bertz CT molecular complexity index is 685. The van der Waals surface area contributed by atoms with E-state index >= 15 is 0 Å². The zero-order valence-corrected chi connectivity index (χ0v) is 13.3. The molecule has 4 rings (SSSR count). The zero-order chi connectivity index (χ0) is 16.4. The van der Waals surface area contributed by atoms with E-state index in [-0.39, 0.29) is 24.1 Å². The first-order valence-electron chi connectivity index (χ1n) is 8.33. The monoisotopic (exact) mass is 329 g/mol. The third kappa shape index (κ3) is 3.12. The second-order valence-corrected chi connectivity index (χ2v) is 6.26. The van der Waals surface area contributed by atoms with Crippen LogP contribution in [0.4, 0.5) is 4.39 Å². The fourth-order valence-electron chi connectivity index (χ4n) is 3.64. The molecule has 1 saturated carbocycles. The highest BCUT2D eigenvalue weighted by molar-refractivity contribution is 5.15. The Morgan fingerprint density at radius 3 is 3.00 bits per heavy atom. The van der Waals surface area contributed by atoms with Gasteiger partial charge in [-0.05, 0) is 36.6 Å². The van der Waals surface area contributed by atoms with Crippen LogP contribution in [0.1, 0.15) is 18.4 Å². The minimum absolute atomic E-state index is 0.0446. The third-order valence-corrected chi connectivity index (χ3v) is 4.75. The first-order valence-corrected chi connectivity index (χ1v) is 8.33. The van der Waals surface area contributed by atoms with Gasteiger partial charge < -0.3 is 9.47 Å². The maximum Gasteiger partial charge on any atom is 0.250 e. The Balaban J connectivity index is 1.45. The molecule has 126 valence electrons. The molecule has 2 fully saturated rings. The minimum Gasteiger partial charge on any atom is -0.469 e. The van der Waals surface area contributed by atoms with E-state index in [1.54, 1.807) is 18.5 Å². The van der Waals surface area contributed by atoms with Crippen LogP contribution in [-0.2, 0) is 11.3 Å². The summed E-state index contributed by atoms with van der Waals surface area (Å²) in [6.45, 7) is 2.40. The molecule has 3 atom stereocenters. The number of morpholine rings is 1. The van der Waals surface area contributed by atoms with E-state index in [0.717, 1.165) is 25.9 Å². The molecular weight excluding hydrogens is 309 g/mol. The molecule has 0 unspecified atom stereocenters. The molecule has 0 bridgehead atoms. The molecule has 0 N–H and O–H groups in total. The third-order valence-electron chi connectivity index (χ3n) is 4.75. The van der Waals surface area contributed by atoms with Crippen LogP contribution >= 0.6 is 0 Å². The van der Waals surface area contributed by atoms with Crippen molar-refractivity contribution in [3.8, 4) is 5.88 Å². The van der Waals surface area contributed by atoms with Crippen molar-refractivity contribution in [3.63, 3.8) is 0 Å². The van der Waals surface area contributed by atoms with E-state index in [1.807, 2.05) is 12.3 Å². The number of rotatable bonds is 4. The number of fused-ring (bicyclic) bond motifs is 1. The number of pyridine rings is 2. The summed E-state index contributed by atoms with van der Waals surface area (Å²) in [5.41, 5.74) is 1.19. The normalized spacial score (nSPS) is 27.0. The summed E-state index contributed by atoms with van der Waals surface area (Å²) in [5.74, 6) is -0.361. The van der Waals surface area contributed by atoms with E-state index in [9.17, 15) is 4.39 Å². The van der Waals surface area contributed by atoms with E-state index < -0.39 is 5.82 Å². The van der Waals surface area contributed by atoms with Gasteiger partial charge in [0.2, 0.25) is 0 Å². The van der Waals surface area contributed by atoms with Crippen molar-refractivity contribution in [1.29, 1.82) is 0 Å². The molecule has 2 aliphatic rings. The van der Waals surface area contributed by atoms with Crippen molar-refractivity contribution in [2.24, 2.45) is 0 Å². The molecule has 3 heterocycles. The molecule has 0 radical (unpaired) electrons. The summed E-state index contributed by atoms with van der Waals surface area (Å²) < 4.78 is 25.6. The average molecular weight is 329 g/mol. The lowest BCUT2D eigenvalue weighted by molar-refractivity contribution is -0.0927. The fraction of sp³-hybridized carbons (Fsp3) is 0.444. The molecular formula is C18H20FN3O2. The Hall–Kier alpha value is -2.05. The van der Waals surface area contributed by atoms with Gasteiger partial charge in [-0.15, -0.1) is 0 Å². The lowest BCUT2D eigenvalue weighted by atomic mass is 10.1. The van der Waals surface area contributed by atoms with Crippen LogP contribution in [-0.4, -0.2) is 46.3 Å². The lowest BCUT2D eigenvalue weighted by Crippen LogP contribution is -2.51. The highest BCUT2D eigenvalue weighted by atomic mass is 19.1. The molecule has 6 heteroatoms. The predicted molar refractivity (Wildman–Crippen MR) is 86.0 cm³/mol. The summed E-state index contributed by atoms with van der Waals surface area (Å²) in [7, 11) is 0. The predicted octanol–water partition coefficient (Wildman–Crippen LogP) is 2.43. The minimum atomic E-state index is -0.427. The topological polar surface area (TPSA) is 47.5 Å². The highest BCUT2D eigenvalue weighted by Crippen LogP contribution is 2.33. The highest BCUT2D eigenvalue weighted by Gasteiger charge is 2.44. The van der Waals surface area contributed by atoms with Gasteiger partial charge in [0.05, 0.1) is 6.61 Å². The van der Waals surface area contributed by atoms with Crippen LogP contribution in [0, 0.1) is 5.82 Å². The van der Waals surface area contributed by atoms with Gasteiger partial charge in [0.15, 0.2) is 5.82 Å². The van der Waals surface area contributed by atoms with Crippen LogP contribution in [0.2, 0.25) is 0 Å². The summed E-state index contributed by atoms with van der Waals surface area (Å²) in [6, 6.07) is 7.26. The van der Waals surface area contributed by atoms with Gasteiger partial charge in [0.1, 0.15) is 12.2 Å². The van der Waals surface area contributed by atoms with Crippen LogP contribution in [0.25, 0.3) is 0 Å².